The Morgan fingerprint density at radius 3 is 1.90 bits per heavy atom. The second-order valence-electron chi connectivity index (χ2n) is 18.5. The first-order valence-corrected chi connectivity index (χ1v) is 21.4. The van der Waals surface area contributed by atoms with Crippen molar-refractivity contribution >= 4 is 21.6 Å². The number of phenolic OH excluding ortho intramolecular Hbond substituents is 1. The van der Waals surface area contributed by atoms with Crippen LogP contribution in [0.15, 0.2) is 146 Å². The first-order valence-electron chi connectivity index (χ1n) is 20.6. The smallest absolute Gasteiger partial charge is 0.129 e. The molecule has 6 aromatic carbocycles. The first-order chi connectivity index (χ1) is 28.1. The van der Waals surface area contributed by atoms with Gasteiger partial charge in [-0.3, -0.25) is 4.98 Å². The molecule has 0 aliphatic rings. The van der Waals surface area contributed by atoms with E-state index in [2.05, 4.69) is 208 Å². The molecule has 1 N–H and O–H groups in total. The van der Waals surface area contributed by atoms with Gasteiger partial charge in [0.25, 0.3) is 0 Å². The molecule has 306 valence electrons. The first kappa shape index (κ1) is 43.0. The average Bonchev–Trinajstić information content (AvgIpc) is 3.68. The quantitative estimate of drug-likeness (QED) is 0.154. The minimum atomic E-state index is -0.264. The minimum absolute atomic E-state index is 0. The van der Waals surface area contributed by atoms with Crippen molar-refractivity contribution in [1.29, 1.82) is 0 Å². The van der Waals surface area contributed by atoms with Crippen molar-refractivity contribution in [3.8, 4) is 49.8 Å². The van der Waals surface area contributed by atoms with Gasteiger partial charge in [-0.2, -0.15) is 0 Å². The number of fused-ring (bicyclic) bond motifs is 1. The Bertz CT molecular complexity index is 2770. The summed E-state index contributed by atoms with van der Waals surface area (Å²) < 4.78 is 1.06. The Morgan fingerprint density at radius 2 is 1.23 bits per heavy atom. The summed E-state index contributed by atoms with van der Waals surface area (Å²) in [5, 5.41) is 12.7. The van der Waals surface area contributed by atoms with E-state index in [0.29, 0.717) is 5.75 Å². The Hall–Kier alpha value is -5.15. The molecule has 0 aliphatic heterocycles. The molecule has 8 rings (SSSR count). The van der Waals surface area contributed by atoms with Crippen LogP contribution in [0, 0.1) is 6.07 Å². The van der Waals surface area contributed by atoms with Crippen molar-refractivity contribution in [1.82, 2.24) is 9.97 Å². The van der Waals surface area contributed by atoms with Crippen LogP contribution in [0.3, 0.4) is 0 Å². The zero-order valence-electron chi connectivity index (χ0n) is 36.0. The van der Waals surface area contributed by atoms with Gasteiger partial charge in [0.15, 0.2) is 0 Å². The maximum absolute atomic E-state index is 11.9. The molecule has 60 heavy (non-hydrogen) atoms. The van der Waals surface area contributed by atoms with Gasteiger partial charge < -0.3 is 5.11 Å². The molecule has 0 bridgehead atoms. The number of thiazole rings is 1. The van der Waals surface area contributed by atoms with E-state index in [-0.39, 0.29) is 43.2 Å². The van der Waals surface area contributed by atoms with Crippen LogP contribution < -0.4 is 0 Å². The van der Waals surface area contributed by atoms with Crippen LogP contribution in [-0.2, 0) is 37.3 Å². The van der Waals surface area contributed by atoms with E-state index in [9.17, 15) is 5.11 Å². The number of nitrogens with zero attached hydrogens (tertiary/aromatic N) is 2. The number of phenols is 1. The van der Waals surface area contributed by atoms with Crippen LogP contribution in [0.1, 0.15) is 102 Å². The third-order valence-electron chi connectivity index (χ3n) is 11.9. The fourth-order valence-electron chi connectivity index (χ4n) is 8.00. The molecule has 0 spiro atoms. The molecule has 3 nitrogen and oxygen atoms in total. The molecule has 1 unspecified atom stereocenters. The molecule has 5 heteroatoms. The van der Waals surface area contributed by atoms with E-state index in [1.54, 1.807) is 11.3 Å². The molecule has 1 atom stereocenters. The summed E-state index contributed by atoms with van der Waals surface area (Å²) in [4.78, 5) is 10.2. The number of aromatic nitrogens is 2. The average molecular weight is 985 g/mol. The zero-order valence-corrected chi connectivity index (χ0v) is 39.1. The molecule has 0 saturated carbocycles. The molecule has 0 radical (unpaired) electrons. The number of benzene rings is 6. The number of hydrogen-bond donors (Lipinski definition) is 1. The van der Waals surface area contributed by atoms with Crippen LogP contribution >= 0.6 is 11.3 Å². The van der Waals surface area contributed by atoms with E-state index in [0.717, 1.165) is 65.4 Å². The van der Waals surface area contributed by atoms with E-state index in [4.69, 9.17) is 9.97 Å². The van der Waals surface area contributed by atoms with Gasteiger partial charge in [-0.15, -0.1) is 40.7 Å². The third kappa shape index (κ3) is 8.56. The molecule has 2 heterocycles. The topological polar surface area (TPSA) is 46.0 Å². The number of para-hydroxylation sites is 1. The Kier molecular flexibility index (Phi) is 12.0. The normalized spacial score (nSPS) is 12.6. The van der Waals surface area contributed by atoms with E-state index in [1.165, 1.54) is 22.3 Å². The largest absolute Gasteiger partial charge is 0.507 e. The van der Waals surface area contributed by atoms with E-state index in [1.807, 2.05) is 6.20 Å². The summed E-state index contributed by atoms with van der Waals surface area (Å²) in [6.07, 6.45) is 1.91. The van der Waals surface area contributed by atoms with E-state index < -0.39 is 0 Å². The van der Waals surface area contributed by atoms with Crippen LogP contribution in [0.25, 0.3) is 54.3 Å². The van der Waals surface area contributed by atoms with E-state index >= 15 is 0 Å². The summed E-state index contributed by atoms with van der Waals surface area (Å²) in [5.74, 6) is 0.444. The number of hydrogen-bond acceptors (Lipinski definition) is 4. The van der Waals surface area contributed by atoms with Crippen molar-refractivity contribution in [2.75, 3.05) is 0 Å². The Morgan fingerprint density at radius 1 is 0.583 bits per heavy atom. The van der Waals surface area contributed by atoms with Gasteiger partial charge in [-0.1, -0.05) is 183 Å². The van der Waals surface area contributed by atoms with Gasteiger partial charge in [0.05, 0.1) is 11.1 Å². The molecular weight excluding hydrogens is 932 g/mol. The van der Waals surface area contributed by atoms with Crippen LogP contribution in [0.4, 0.5) is 0 Å². The molecule has 0 aliphatic carbocycles. The predicted molar refractivity (Wildman–Crippen MR) is 250 cm³/mol. The minimum Gasteiger partial charge on any atom is -0.507 e. The summed E-state index contributed by atoms with van der Waals surface area (Å²) in [5.41, 5.74) is 14.3. The van der Waals surface area contributed by atoms with Crippen molar-refractivity contribution in [2.45, 2.75) is 84.5 Å². The summed E-state index contributed by atoms with van der Waals surface area (Å²) in [7, 11) is 0. The molecule has 0 saturated heterocycles. The van der Waals surface area contributed by atoms with Crippen molar-refractivity contribution in [3.05, 3.63) is 185 Å². The second-order valence-corrected chi connectivity index (χ2v) is 19.5. The van der Waals surface area contributed by atoms with Crippen molar-refractivity contribution in [3.63, 3.8) is 0 Å². The molecule has 8 aromatic rings. The van der Waals surface area contributed by atoms with Gasteiger partial charge in [-0.25, -0.2) is 4.98 Å². The van der Waals surface area contributed by atoms with Gasteiger partial charge in [0.2, 0.25) is 0 Å². The molecular formula is C55H53N2OPtS-. The number of aromatic hydroxyl groups is 1. The number of pyridine rings is 1. The fraction of sp³-hybridized carbons (Fsp3) is 0.236. The second kappa shape index (κ2) is 16.7. The van der Waals surface area contributed by atoms with Crippen molar-refractivity contribution in [2.24, 2.45) is 0 Å². The molecule has 0 fully saturated rings. The Labute approximate surface area is 374 Å². The van der Waals surface area contributed by atoms with Gasteiger partial charge in [0.1, 0.15) is 10.8 Å². The molecule has 0 amide bonds. The Balaban J connectivity index is 0.00000544. The van der Waals surface area contributed by atoms with Crippen LogP contribution in [0.2, 0.25) is 0 Å². The molecule has 2 aromatic heterocycles. The van der Waals surface area contributed by atoms with Gasteiger partial charge >= 0.3 is 0 Å². The van der Waals surface area contributed by atoms with Gasteiger partial charge in [0, 0.05) is 54.6 Å². The SMILES string of the molecule is CC(c1ccccc1)c1cc(-c2nc3c(-c4[c-]c(-c5cc(-c6ccc(C(C)(C)c7ccccc7)cc6)ccn5)cc(C(C)(C)C)c4)cccc3s2)c(O)c(C(C)(C)C)c1.[Pt]. The number of rotatable bonds is 8. The monoisotopic (exact) mass is 984 g/mol. The zero-order chi connectivity index (χ0) is 41.7. The van der Waals surface area contributed by atoms with Crippen LogP contribution in [-0.4, -0.2) is 15.1 Å². The maximum Gasteiger partial charge on any atom is 0.129 e. The standard InChI is InChI=1S/C55H53N2OS.Pt/c1-35(36-17-12-10-13-18-36)39-32-46(51(58)47(33-39)54(5,6)7)52-57-50-45(21-16-22-49(50)59-52)40-29-41(31-44(30-40)53(2,3)4)48-34-38(27-28-56-48)37-23-25-43(26-24-37)55(8,9)42-19-14-11-15-20-42;/h10-28,30-35,58H,1-9H3;/q-1;. The van der Waals surface area contributed by atoms with Crippen LogP contribution in [0.5, 0.6) is 5.75 Å². The van der Waals surface area contributed by atoms with Crippen molar-refractivity contribution < 1.29 is 26.2 Å². The third-order valence-corrected chi connectivity index (χ3v) is 12.9. The fourth-order valence-corrected chi connectivity index (χ4v) is 9.01. The van der Waals surface area contributed by atoms with Gasteiger partial charge in [-0.05, 0) is 62.4 Å². The summed E-state index contributed by atoms with van der Waals surface area (Å²) in [6.45, 7) is 20.0. The predicted octanol–water partition coefficient (Wildman–Crippen LogP) is 14.9. The summed E-state index contributed by atoms with van der Waals surface area (Å²) >= 11 is 1.62. The maximum atomic E-state index is 11.9. The summed E-state index contributed by atoms with van der Waals surface area (Å²) in [6, 6.07) is 53.4.